The first kappa shape index (κ1) is 16.4. The summed E-state index contributed by atoms with van der Waals surface area (Å²) in [6, 6.07) is 5.43. The number of thiocarbonyl (C=S) groups is 1. The van der Waals surface area contributed by atoms with Crippen molar-refractivity contribution in [2.75, 3.05) is 32.7 Å². The number of sulfonamides is 1. The molecule has 0 aliphatic carbocycles. The molecule has 0 spiro atoms. The number of nitrogens with zero attached hydrogens (tertiary/aromatic N) is 2. The third kappa shape index (κ3) is 3.79. The van der Waals surface area contributed by atoms with E-state index in [1.165, 1.54) is 0 Å². The number of piperazine rings is 1. The van der Waals surface area contributed by atoms with Crippen molar-refractivity contribution in [3.8, 4) is 0 Å². The summed E-state index contributed by atoms with van der Waals surface area (Å²) in [4.78, 5) is 2.92. The largest absolute Gasteiger partial charge is 0.392 e. The zero-order valence-corrected chi connectivity index (χ0v) is 14.0. The lowest BCUT2D eigenvalue weighted by Crippen LogP contribution is -2.50. The predicted molar refractivity (Wildman–Crippen MR) is 87.9 cm³/mol. The van der Waals surface area contributed by atoms with Crippen molar-refractivity contribution in [1.29, 1.82) is 0 Å². The maximum Gasteiger partial charge on any atom is 0.243 e. The predicted octanol–water partition coefficient (Wildman–Crippen LogP) is 0.896. The fourth-order valence-corrected chi connectivity index (χ4v) is 4.39. The standard InChI is InChI=1S/C14H21N3O2S2/c1-11-3-4-13(12(2)9-11)21(18,19)17-7-5-16(6-8-17)10-14(15)20/h3-4,9H,5-8,10H2,1-2H3,(H2,15,20). The molecule has 1 saturated heterocycles. The van der Waals surface area contributed by atoms with E-state index in [1.807, 2.05) is 26.0 Å². The summed E-state index contributed by atoms with van der Waals surface area (Å²) < 4.78 is 27.0. The molecule has 5 nitrogen and oxygen atoms in total. The highest BCUT2D eigenvalue weighted by Crippen LogP contribution is 2.22. The van der Waals surface area contributed by atoms with E-state index in [2.05, 4.69) is 4.90 Å². The number of hydrogen-bond acceptors (Lipinski definition) is 4. The van der Waals surface area contributed by atoms with E-state index in [0.717, 1.165) is 11.1 Å². The summed E-state index contributed by atoms with van der Waals surface area (Å²) in [5.74, 6) is 0. The van der Waals surface area contributed by atoms with Gasteiger partial charge in [-0.15, -0.1) is 0 Å². The summed E-state index contributed by atoms with van der Waals surface area (Å²) in [5, 5.41) is 0. The molecule has 0 saturated carbocycles. The average molecular weight is 327 g/mol. The van der Waals surface area contributed by atoms with Gasteiger partial charge in [0.1, 0.15) is 0 Å². The van der Waals surface area contributed by atoms with Crippen LogP contribution in [0.3, 0.4) is 0 Å². The number of hydrogen-bond donors (Lipinski definition) is 1. The second kappa shape index (κ2) is 6.39. The lowest BCUT2D eigenvalue weighted by molar-refractivity contribution is 0.209. The highest BCUT2D eigenvalue weighted by molar-refractivity contribution is 7.89. The molecule has 1 aliphatic rings. The van der Waals surface area contributed by atoms with Crippen LogP contribution < -0.4 is 5.73 Å². The number of rotatable bonds is 4. The topological polar surface area (TPSA) is 66.6 Å². The van der Waals surface area contributed by atoms with E-state index >= 15 is 0 Å². The Kier molecular flexibility index (Phi) is 4.98. The normalized spacial score (nSPS) is 17.8. The smallest absolute Gasteiger partial charge is 0.243 e. The first-order valence-corrected chi connectivity index (χ1v) is 8.73. The van der Waals surface area contributed by atoms with Gasteiger partial charge < -0.3 is 5.73 Å². The molecule has 21 heavy (non-hydrogen) atoms. The zero-order valence-electron chi connectivity index (χ0n) is 12.4. The van der Waals surface area contributed by atoms with E-state index in [1.54, 1.807) is 10.4 Å². The van der Waals surface area contributed by atoms with Gasteiger partial charge in [0, 0.05) is 32.7 Å². The number of nitrogens with two attached hydrogens (primary N) is 1. The van der Waals surface area contributed by atoms with Gasteiger partial charge in [0.15, 0.2) is 0 Å². The minimum Gasteiger partial charge on any atom is -0.392 e. The second-order valence-electron chi connectivity index (χ2n) is 5.42. The number of aryl methyl sites for hydroxylation is 2. The highest BCUT2D eigenvalue weighted by Gasteiger charge is 2.29. The Morgan fingerprint density at radius 2 is 1.86 bits per heavy atom. The van der Waals surface area contributed by atoms with Crippen LogP contribution in [-0.2, 0) is 10.0 Å². The summed E-state index contributed by atoms with van der Waals surface area (Å²) >= 11 is 4.89. The maximum absolute atomic E-state index is 12.7. The van der Waals surface area contributed by atoms with E-state index in [4.69, 9.17) is 18.0 Å². The van der Waals surface area contributed by atoms with Crippen LogP contribution in [0.25, 0.3) is 0 Å². The summed E-state index contributed by atoms with van der Waals surface area (Å²) in [5.41, 5.74) is 7.38. The van der Waals surface area contributed by atoms with E-state index < -0.39 is 10.0 Å². The molecule has 1 heterocycles. The fraction of sp³-hybridized carbons (Fsp3) is 0.500. The molecule has 1 aromatic carbocycles. The highest BCUT2D eigenvalue weighted by atomic mass is 32.2. The van der Waals surface area contributed by atoms with Crippen molar-refractivity contribution in [2.45, 2.75) is 18.7 Å². The van der Waals surface area contributed by atoms with Gasteiger partial charge in [0.05, 0.1) is 9.88 Å². The molecule has 1 aliphatic heterocycles. The molecule has 0 bridgehead atoms. The average Bonchev–Trinajstić information content (AvgIpc) is 2.38. The van der Waals surface area contributed by atoms with Gasteiger partial charge in [-0.25, -0.2) is 8.42 Å². The Hall–Kier alpha value is -1.02. The molecule has 0 amide bonds. The van der Waals surface area contributed by atoms with Crippen LogP contribution in [0, 0.1) is 13.8 Å². The molecule has 1 aromatic rings. The summed E-state index contributed by atoms with van der Waals surface area (Å²) in [6.45, 7) is 6.59. The maximum atomic E-state index is 12.7. The molecule has 2 N–H and O–H groups in total. The molecule has 0 unspecified atom stereocenters. The van der Waals surface area contributed by atoms with Gasteiger partial charge in [-0.2, -0.15) is 4.31 Å². The first-order chi connectivity index (χ1) is 9.80. The van der Waals surface area contributed by atoms with Crippen LogP contribution >= 0.6 is 12.2 Å². The number of benzene rings is 1. The molecular formula is C14H21N3O2S2. The Labute approximate surface area is 131 Å². The van der Waals surface area contributed by atoms with Crippen LogP contribution in [0.2, 0.25) is 0 Å². The molecule has 0 aromatic heterocycles. The minimum atomic E-state index is -3.42. The van der Waals surface area contributed by atoms with Gasteiger partial charge in [0.2, 0.25) is 10.0 Å². The first-order valence-electron chi connectivity index (χ1n) is 6.89. The summed E-state index contributed by atoms with van der Waals surface area (Å²) in [7, 11) is -3.42. The van der Waals surface area contributed by atoms with Crippen molar-refractivity contribution in [1.82, 2.24) is 9.21 Å². The molecule has 116 valence electrons. The summed E-state index contributed by atoms with van der Waals surface area (Å²) in [6.07, 6.45) is 0. The Morgan fingerprint density at radius 3 is 2.38 bits per heavy atom. The van der Waals surface area contributed by atoms with Crippen LogP contribution in [-0.4, -0.2) is 55.3 Å². The molecule has 2 rings (SSSR count). The van der Waals surface area contributed by atoms with Gasteiger partial charge >= 0.3 is 0 Å². The van der Waals surface area contributed by atoms with Crippen LogP contribution in [0.4, 0.5) is 0 Å². The third-order valence-electron chi connectivity index (χ3n) is 3.66. The van der Waals surface area contributed by atoms with Gasteiger partial charge in [-0.3, -0.25) is 4.90 Å². The third-order valence-corrected chi connectivity index (χ3v) is 5.85. The van der Waals surface area contributed by atoms with Crippen molar-refractivity contribution in [3.05, 3.63) is 29.3 Å². The molecule has 0 atom stereocenters. The molecule has 0 radical (unpaired) electrons. The SMILES string of the molecule is Cc1ccc(S(=O)(=O)N2CCN(CC(N)=S)CC2)c(C)c1. The monoisotopic (exact) mass is 327 g/mol. The van der Waals surface area contributed by atoms with Crippen molar-refractivity contribution < 1.29 is 8.42 Å². The van der Waals surface area contributed by atoms with Crippen molar-refractivity contribution in [2.24, 2.45) is 5.73 Å². The lowest BCUT2D eigenvalue weighted by Gasteiger charge is -2.33. The molecule has 1 fully saturated rings. The van der Waals surface area contributed by atoms with Crippen LogP contribution in [0.15, 0.2) is 23.1 Å². The lowest BCUT2D eigenvalue weighted by atomic mass is 10.2. The van der Waals surface area contributed by atoms with Crippen LogP contribution in [0.1, 0.15) is 11.1 Å². The van der Waals surface area contributed by atoms with Gasteiger partial charge in [-0.1, -0.05) is 29.9 Å². The Morgan fingerprint density at radius 1 is 1.24 bits per heavy atom. The Bertz CT molecular complexity index is 636. The van der Waals surface area contributed by atoms with E-state index in [0.29, 0.717) is 42.6 Å². The van der Waals surface area contributed by atoms with Crippen molar-refractivity contribution in [3.63, 3.8) is 0 Å². The van der Waals surface area contributed by atoms with E-state index in [-0.39, 0.29) is 0 Å². The van der Waals surface area contributed by atoms with E-state index in [9.17, 15) is 8.42 Å². The van der Waals surface area contributed by atoms with Crippen molar-refractivity contribution >= 4 is 27.2 Å². The van der Waals surface area contributed by atoms with Crippen LogP contribution in [0.5, 0.6) is 0 Å². The van der Waals surface area contributed by atoms with Gasteiger partial charge in [-0.05, 0) is 25.5 Å². The van der Waals surface area contributed by atoms with Gasteiger partial charge in [0.25, 0.3) is 0 Å². The second-order valence-corrected chi connectivity index (χ2v) is 7.85. The quantitative estimate of drug-likeness (QED) is 0.832. The Balaban J connectivity index is 2.13. The fourth-order valence-electron chi connectivity index (χ4n) is 2.58. The molecular weight excluding hydrogens is 306 g/mol. The molecule has 7 heteroatoms. The minimum absolute atomic E-state index is 0.399. The zero-order chi connectivity index (χ0) is 15.6.